The number of halogens is 2. The minimum Gasteiger partial charge on any atom is -0.462 e. The third-order valence-electron chi connectivity index (χ3n) is 16.4. The van der Waals surface area contributed by atoms with Gasteiger partial charge in [-0.1, -0.05) is 48.6 Å². The van der Waals surface area contributed by atoms with Crippen molar-refractivity contribution in [3.8, 4) is 22.3 Å². The smallest absolute Gasteiger partial charge is 0.407 e. The molecular formula is C56H65F2N5O6. The van der Waals surface area contributed by atoms with Gasteiger partial charge in [-0.3, -0.25) is 19.6 Å². The summed E-state index contributed by atoms with van der Waals surface area (Å²) in [5.74, 6) is 1.75. The highest BCUT2D eigenvalue weighted by Gasteiger charge is 2.62. The number of cyclic esters (lactones) is 2. The average Bonchev–Trinajstić information content (AvgIpc) is 3.76. The normalized spacial score (nSPS) is 33.5. The molecule has 364 valence electrons. The summed E-state index contributed by atoms with van der Waals surface area (Å²) in [5.41, 5.74) is 16.7. The number of amides is 1. The number of nitrogens with zero attached hydrogens (tertiary/aromatic N) is 2. The van der Waals surface area contributed by atoms with E-state index in [0.29, 0.717) is 42.6 Å². The molecule has 5 N–H and O–H groups in total. The molecule has 10 rings (SSSR count). The van der Waals surface area contributed by atoms with Gasteiger partial charge in [0.1, 0.15) is 29.4 Å². The van der Waals surface area contributed by atoms with Gasteiger partial charge in [0.2, 0.25) is 0 Å². The number of aromatic nitrogens is 2. The zero-order valence-corrected chi connectivity index (χ0v) is 39.7. The van der Waals surface area contributed by atoms with Crippen molar-refractivity contribution in [1.29, 1.82) is 0 Å². The summed E-state index contributed by atoms with van der Waals surface area (Å²) < 4.78 is 43.6. The molecule has 0 spiro atoms. The average molecular weight is 942 g/mol. The zero-order valence-electron chi connectivity index (χ0n) is 39.7. The van der Waals surface area contributed by atoms with Gasteiger partial charge in [-0.15, -0.1) is 0 Å². The van der Waals surface area contributed by atoms with E-state index in [1.165, 1.54) is 30.7 Å². The van der Waals surface area contributed by atoms with Crippen LogP contribution in [0.5, 0.6) is 0 Å². The molecule has 13 heteroatoms. The predicted octanol–water partition coefficient (Wildman–Crippen LogP) is 9.80. The van der Waals surface area contributed by atoms with Gasteiger partial charge in [0, 0.05) is 41.4 Å². The van der Waals surface area contributed by atoms with Gasteiger partial charge >= 0.3 is 18.0 Å². The van der Waals surface area contributed by atoms with E-state index in [1.807, 2.05) is 56.3 Å². The maximum atomic E-state index is 13.6. The number of carbonyl (C=O) groups is 3. The Hall–Kier alpha value is -5.79. The molecule has 2 saturated heterocycles. The van der Waals surface area contributed by atoms with Crippen LogP contribution in [0.1, 0.15) is 83.5 Å². The van der Waals surface area contributed by atoms with E-state index in [0.717, 1.165) is 78.7 Å². The fourth-order valence-corrected chi connectivity index (χ4v) is 13.3. The second-order valence-corrected chi connectivity index (χ2v) is 20.4. The molecule has 14 atom stereocenters. The van der Waals surface area contributed by atoms with Crippen LogP contribution in [0.4, 0.5) is 13.6 Å². The summed E-state index contributed by atoms with van der Waals surface area (Å²) in [6.45, 7) is 6.81. The molecule has 0 radical (unpaired) electrons. The molecule has 11 nitrogen and oxygen atoms in total. The number of esters is 2. The van der Waals surface area contributed by atoms with Crippen molar-refractivity contribution in [2.24, 2.45) is 70.6 Å². The number of hydrogen-bond acceptors (Lipinski definition) is 10. The standard InChI is InChI=1S/C29H34FN3O4.C27H31FN2O2/c1-3-36-28(35)33-23-10-11-24-20(14-23)15-29(31)26(17(2)37-27(29)34)25(24)12-9-22-8-7-19(16-32-22)18-5-4-6-21(30)13-18;1-16-26-24(23-9-5-17(14-29)11-20(23)13-25(26)27(31)32-16)10-8-22-7-6-19(15-30-22)18-3-2-4-21(28)12-18/h4-9,12-13,16-17,20,23-26H,3,10-11,14-15,31H2,1-2H3,(H,33,35);2-4,6-8,10,12,15-17,20,23-26H,5,9,11,13-14,29H2,1H3/b12-9+;10-8+/t17-,20+,23-,24-,25+,26+,29+;16-,17-,20+,23-,24+,25-,26+/m11/s1. The molecule has 4 aromatic rings. The number of nitrogens with one attached hydrogen (secondary N) is 1. The van der Waals surface area contributed by atoms with Gasteiger partial charge in [0.15, 0.2) is 0 Å². The van der Waals surface area contributed by atoms with Crippen molar-refractivity contribution in [3.05, 3.63) is 120 Å². The number of ether oxygens (including phenoxy) is 3. The summed E-state index contributed by atoms with van der Waals surface area (Å²) in [4.78, 5) is 46.6. The fourth-order valence-electron chi connectivity index (χ4n) is 13.3. The first-order valence-corrected chi connectivity index (χ1v) is 25.0. The van der Waals surface area contributed by atoms with Gasteiger partial charge in [-0.05, 0) is 180 Å². The molecule has 4 heterocycles. The SMILES string of the molecule is CCOC(=O)N[C@@H]1CC[C@@H]2[C@@H](C1)C[C@@]1(N)C(=O)O[C@H](C)[C@H]1[C@H]2/C=C/c1ccc(-c2cccc(F)c2)cn1.C[C@H]1OC(=O)[C@@H]2C[C@@H]3C[C@H](CN)CC[C@H]3[C@H](/C=C/c3ccc(-c4cccc(F)c4)cn3)[C@H]12. The van der Waals surface area contributed by atoms with E-state index in [1.54, 1.807) is 31.5 Å². The zero-order chi connectivity index (χ0) is 48.4. The monoisotopic (exact) mass is 941 g/mol. The highest BCUT2D eigenvalue weighted by Crippen LogP contribution is 2.56. The second kappa shape index (κ2) is 20.7. The third kappa shape index (κ3) is 10.3. The van der Waals surface area contributed by atoms with E-state index < -0.39 is 11.6 Å². The molecule has 1 amide bonds. The summed E-state index contributed by atoms with van der Waals surface area (Å²) in [5, 5.41) is 2.97. The van der Waals surface area contributed by atoms with Gasteiger partial charge in [-0.2, -0.15) is 0 Å². The van der Waals surface area contributed by atoms with Crippen molar-refractivity contribution in [1.82, 2.24) is 15.3 Å². The summed E-state index contributed by atoms with van der Waals surface area (Å²) in [6.07, 6.45) is 18.8. The Balaban J connectivity index is 0.000000174. The lowest BCUT2D eigenvalue weighted by molar-refractivity contribution is -0.146. The van der Waals surface area contributed by atoms with Crippen LogP contribution in [0.25, 0.3) is 34.4 Å². The Labute approximate surface area is 403 Å². The summed E-state index contributed by atoms with van der Waals surface area (Å²) in [7, 11) is 0. The van der Waals surface area contributed by atoms with Crippen LogP contribution < -0.4 is 16.8 Å². The molecule has 4 saturated carbocycles. The van der Waals surface area contributed by atoms with E-state index in [4.69, 9.17) is 25.7 Å². The molecule has 4 aliphatic carbocycles. The summed E-state index contributed by atoms with van der Waals surface area (Å²) in [6, 6.07) is 20.8. The first kappa shape index (κ1) is 48.2. The molecule has 6 fully saturated rings. The van der Waals surface area contributed by atoms with Crippen LogP contribution in [0.15, 0.2) is 97.3 Å². The molecule has 6 aliphatic rings. The Bertz CT molecular complexity index is 2540. The lowest BCUT2D eigenvalue weighted by atomic mass is 9.54. The molecule has 69 heavy (non-hydrogen) atoms. The number of fused-ring (bicyclic) bond motifs is 4. The first-order valence-electron chi connectivity index (χ1n) is 25.0. The van der Waals surface area contributed by atoms with E-state index in [2.05, 4.69) is 33.5 Å². The first-order chi connectivity index (χ1) is 33.3. The Kier molecular flexibility index (Phi) is 14.4. The minimum atomic E-state index is -1.05. The van der Waals surface area contributed by atoms with Gasteiger partial charge in [0.25, 0.3) is 0 Å². The minimum absolute atomic E-state index is 0.000682. The van der Waals surface area contributed by atoms with Crippen LogP contribution in [-0.2, 0) is 23.8 Å². The van der Waals surface area contributed by atoms with Crippen LogP contribution >= 0.6 is 0 Å². The lowest BCUT2D eigenvalue weighted by Gasteiger charge is -2.50. The van der Waals surface area contributed by atoms with Crippen LogP contribution in [-0.4, -0.2) is 64.9 Å². The molecule has 2 aromatic carbocycles. The van der Waals surface area contributed by atoms with Crippen molar-refractivity contribution in [3.63, 3.8) is 0 Å². The number of allylic oxidation sites excluding steroid dienone is 2. The van der Waals surface area contributed by atoms with Crippen LogP contribution in [0.2, 0.25) is 0 Å². The number of rotatable bonds is 9. The molecule has 0 unspecified atom stereocenters. The number of alkyl carbamates (subject to hydrolysis) is 1. The fraction of sp³-hybridized carbons (Fsp3) is 0.482. The predicted molar refractivity (Wildman–Crippen MR) is 260 cm³/mol. The van der Waals surface area contributed by atoms with E-state index in [9.17, 15) is 23.2 Å². The van der Waals surface area contributed by atoms with Gasteiger partial charge in [-0.25, -0.2) is 13.6 Å². The van der Waals surface area contributed by atoms with Crippen molar-refractivity contribution >= 4 is 30.2 Å². The third-order valence-corrected chi connectivity index (χ3v) is 16.4. The Morgan fingerprint density at radius 2 is 1.41 bits per heavy atom. The maximum absolute atomic E-state index is 13.6. The Morgan fingerprint density at radius 3 is 2.00 bits per heavy atom. The topological polar surface area (TPSA) is 169 Å². The molecule has 2 aromatic heterocycles. The number of hydrogen-bond donors (Lipinski definition) is 3. The second-order valence-electron chi connectivity index (χ2n) is 20.4. The molecular weight excluding hydrogens is 877 g/mol. The number of nitrogens with two attached hydrogens (primary N) is 2. The highest BCUT2D eigenvalue weighted by atomic mass is 19.1. The van der Waals surface area contributed by atoms with Gasteiger partial charge < -0.3 is 31.0 Å². The van der Waals surface area contributed by atoms with Crippen molar-refractivity contribution in [2.75, 3.05) is 13.2 Å². The summed E-state index contributed by atoms with van der Waals surface area (Å²) >= 11 is 0. The maximum Gasteiger partial charge on any atom is 0.407 e. The van der Waals surface area contributed by atoms with Crippen LogP contribution in [0.3, 0.4) is 0 Å². The van der Waals surface area contributed by atoms with E-state index >= 15 is 0 Å². The van der Waals surface area contributed by atoms with Gasteiger partial charge in [0.05, 0.1) is 23.9 Å². The Morgan fingerprint density at radius 1 is 0.783 bits per heavy atom. The van der Waals surface area contributed by atoms with Crippen LogP contribution in [0, 0.1) is 70.8 Å². The van der Waals surface area contributed by atoms with E-state index in [-0.39, 0.29) is 71.4 Å². The van der Waals surface area contributed by atoms with Crippen molar-refractivity contribution in [2.45, 2.75) is 95.9 Å². The highest BCUT2D eigenvalue weighted by molar-refractivity contribution is 5.84. The number of benzene rings is 2. The number of pyridine rings is 2. The van der Waals surface area contributed by atoms with Crippen molar-refractivity contribution < 1.29 is 37.4 Å². The quantitative estimate of drug-likeness (QED) is 0.109. The number of carbonyl (C=O) groups excluding carboxylic acids is 3. The molecule has 0 bridgehead atoms. The molecule has 2 aliphatic heterocycles. The lowest BCUT2D eigenvalue weighted by Crippen LogP contribution is -2.61. The largest absolute Gasteiger partial charge is 0.462 e.